The maximum Gasteiger partial charge on any atom is 0.488 e. The van der Waals surface area contributed by atoms with Crippen molar-refractivity contribution in [1.29, 1.82) is 0 Å². The summed E-state index contributed by atoms with van der Waals surface area (Å²) in [4.78, 5) is 0. The highest BCUT2D eigenvalue weighted by Gasteiger charge is 2.19. The fourth-order valence-corrected chi connectivity index (χ4v) is 1.26. The molecule has 0 aromatic heterocycles. The van der Waals surface area contributed by atoms with E-state index in [1.165, 1.54) is 0 Å². The Morgan fingerprint density at radius 3 is 2.40 bits per heavy atom. The highest BCUT2D eigenvalue weighted by atomic mass is 32.3. The van der Waals surface area contributed by atoms with Crippen LogP contribution < -0.4 is 4.18 Å². The number of hydrogen-bond donors (Lipinski definition) is 0. The van der Waals surface area contributed by atoms with Gasteiger partial charge in [-0.1, -0.05) is 16.5 Å². The molecule has 0 heterocycles. The van der Waals surface area contributed by atoms with Crippen LogP contribution in [0.5, 0.6) is 5.75 Å². The molecule has 0 aliphatic rings. The zero-order chi connectivity index (χ0) is 11.6. The third kappa shape index (κ3) is 2.72. The molecule has 3 nitrogen and oxygen atoms in total. The Morgan fingerprint density at radius 2 is 1.93 bits per heavy atom. The lowest BCUT2D eigenvalue weighted by Gasteiger charge is -2.05. The molecule has 0 fully saturated rings. The Balaban J connectivity index is 3.36. The van der Waals surface area contributed by atoms with Gasteiger partial charge >= 0.3 is 10.5 Å². The third-order valence-corrected chi connectivity index (χ3v) is 1.85. The largest absolute Gasteiger partial charge is 0.488 e. The fourth-order valence-electron chi connectivity index (χ4n) is 0.892. The van der Waals surface area contributed by atoms with Crippen LogP contribution in [0.2, 0.25) is 0 Å². The Morgan fingerprint density at radius 1 is 1.33 bits per heavy atom. The van der Waals surface area contributed by atoms with Gasteiger partial charge < -0.3 is 4.18 Å². The van der Waals surface area contributed by atoms with Gasteiger partial charge in [-0.2, -0.15) is 12.8 Å². The van der Waals surface area contributed by atoms with Crippen LogP contribution in [0.4, 0.5) is 12.7 Å². The minimum Gasteiger partial charge on any atom is -0.354 e. The van der Waals surface area contributed by atoms with Crippen LogP contribution in [-0.2, 0) is 10.5 Å². The first kappa shape index (κ1) is 11.6. The van der Waals surface area contributed by atoms with E-state index in [0.717, 1.165) is 18.2 Å². The maximum atomic E-state index is 13.0. The van der Waals surface area contributed by atoms with Crippen molar-refractivity contribution in [1.82, 2.24) is 0 Å². The lowest BCUT2D eigenvalue weighted by atomic mass is 10.2. The standard InChI is InChI=1S/C8H5F3O3S/c1-2-5-3-4-6(9)7(10)8(5)14-15(11,12)13/h2-4H,1H2. The highest BCUT2D eigenvalue weighted by Crippen LogP contribution is 2.27. The molecule has 0 aliphatic carbocycles. The van der Waals surface area contributed by atoms with Crippen molar-refractivity contribution in [2.75, 3.05) is 0 Å². The molecule has 0 spiro atoms. The summed E-state index contributed by atoms with van der Waals surface area (Å²) in [6, 6.07) is 1.75. The molecule has 0 N–H and O–H groups in total. The van der Waals surface area contributed by atoms with Crippen molar-refractivity contribution in [3.63, 3.8) is 0 Å². The second-order valence-corrected chi connectivity index (χ2v) is 3.41. The van der Waals surface area contributed by atoms with E-state index in [1.807, 2.05) is 0 Å². The summed E-state index contributed by atoms with van der Waals surface area (Å²) in [5.74, 6) is -3.99. The Hall–Kier alpha value is -1.50. The summed E-state index contributed by atoms with van der Waals surface area (Å²) < 4.78 is 61.7. The summed E-state index contributed by atoms with van der Waals surface area (Å²) >= 11 is 0. The molecule has 0 saturated heterocycles. The van der Waals surface area contributed by atoms with Gasteiger partial charge in [0.25, 0.3) is 0 Å². The third-order valence-electron chi connectivity index (χ3n) is 1.48. The average Bonchev–Trinajstić information content (AvgIpc) is 2.11. The van der Waals surface area contributed by atoms with Crippen molar-refractivity contribution in [2.45, 2.75) is 0 Å². The Kier molecular flexibility index (Phi) is 3.04. The van der Waals surface area contributed by atoms with Crippen molar-refractivity contribution in [2.24, 2.45) is 0 Å². The van der Waals surface area contributed by atoms with Crippen LogP contribution >= 0.6 is 0 Å². The van der Waals surface area contributed by atoms with Gasteiger partial charge in [-0.25, -0.2) is 4.39 Å². The molecular formula is C8H5F3O3S. The van der Waals surface area contributed by atoms with Gasteiger partial charge in [-0.05, 0) is 12.1 Å². The van der Waals surface area contributed by atoms with Crippen LogP contribution in [0.1, 0.15) is 5.56 Å². The second-order valence-electron chi connectivity index (χ2n) is 2.46. The number of benzene rings is 1. The number of halogens is 3. The lowest BCUT2D eigenvalue weighted by Crippen LogP contribution is -2.05. The van der Waals surface area contributed by atoms with E-state index in [4.69, 9.17) is 0 Å². The van der Waals surface area contributed by atoms with Crippen molar-refractivity contribution < 1.29 is 25.3 Å². The first-order valence-corrected chi connectivity index (χ1v) is 4.90. The van der Waals surface area contributed by atoms with Crippen molar-refractivity contribution in [3.05, 3.63) is 35.9 Å². The Bertz CT molecular complexity index is 496. The first-order valence-electron chi connectivity index (χ1n) is 3.59. The highest BCUT2D eigenvalue weighted by molar-refractivity contribution is 7.81. The van der Waals surface area contributed by atoms with E-state index in [9.17, 15) is 21.1 Å². The molecule has 0 amide bonds. The SMILES string of the molecule is C=Cc1ccc(F)c(F)c1OS(=O)(=O)F. The minimum atomic E-state index is -5.40. The van der Waals surface area contributed by atoms with Crippen molar-refractivity contribution in [3.8, 4) is 5.75 Å². The van der Waals surface area contributed by atoms with E-state index in [1.54, 1.807) is 0 Å². The van der Waals surface area contributed by atoms with Crippen LogP contribution in [0, 0.1) is 11.6 Å². The Labute approximate surface area is 84.2 Å². The van der Waals surface area contributed by atoms with Crippen LogP contribution in [0.3, 0.4) is 0 Å². The van der Waals surface area contributed by atoms with E-state index in [2.05, 4.69) is 10.8 Å². The molecule has 0 radical (unpaired) electrons. The summed E-state index contributed by atoms with van der Waals surface area (Å²) in [6.45, 7) is 3.21. The van der Waals surface area contributed by atoms with Crippen LogP contribution in [0.15, 0.2) is 18.7 Å². The van der Waals surface area contributed by atoms with Gasteiger partial charge in [-0.3, -0.25) is 0 Å². The van der Waals surface area contributed by atoms with E-state index < -0.39 is 27.9 Å². The molecule has 82 valence electrons. The molecular weight excluding hydrogens is 233 g/mol. The summed E-state index contributed by atoms with van der Waals surface area (Å²) in [6.07, 6.45) is 1.00. The molecule has 0 atom stereocenters. The zero-order valence-corrected chi connectivity index (χ0v) is 8.02. The second kappa shape index (κ2) is 3.93. The fraction of sp³-hybridized carbons (Fsp3) is 0. The maximum absolute atomic E-state index is 13.0. The topological polar surface area (TPSA) is 43.4 Å². The molecule has 7 heteroatoms. The van der Waals surface area contributed by atoms with Crippen LogP contribution in [0.25, 0.3) is 6.08 Å². The predicted molar refractivity (Wildman–Crippen MR) is 47.1 cm³/mol. The number of hydrogen-bond acceptors (Lipinski definition) is 3. The first-order chi connectivity index (χ1) is 6.85. The molecule has 0 saturated carbocycles. The molecule has 0 aliphatic heterocycles. The van der Waals surface area contributed by atoms with Crippen LogP contribution in [-0.4, -0.2) is 8.42 Å². The summed E-state index contributed by atoms with van der Waals surface area (Å²) in [5.41, 5.74) is -0.171. The van der Waals surface area contributed by atoms with Gasteiger partial charge in [-0.15, -0.1) is 0 Å². The summed E-state index contributed by atoms with van der Waals surface area (Å²) in [7, 11) is -5.40. The zero-order valence-electron chi connectivity index (χ0n) is 7.21. The van der Waals surface area contributed by atoms with Gasteiger partial charge in [0.15, 0.2) is 11.6 Å². The van der Waals surface area contributed by atoms with Gasteiger partial charge in [0.2, 0.25) is 5.82 Å². The molecule has 1 aromatic carbocycles. The summed E-state index contributed by atoms with van der Waals surface area (Å²) in [5, 5.41) is 0. The molecule has 1 rings (SSSR count). The normalized spacial score (nSPS) is 11.1. The van der Waals surface area contributed by atoms with Crippen molar-refractivity contribution >= 4 is 16.6 Å². The minimum absolute atomic E-state index is 0.171. The lowest BCUT2D eigenvalue weighted by molar-refractivity contribution is 0.409. The number of rotatable bonds is 3. The van der Waals surface area contributed by atoms with Gasteiger partial charge in [0.1, 0.15) is 0 Å². The average molecular weight is 238 g/mol. The quantitative estimate of drug-likeness (QED) is 0.758. The monoisotopic (exact) mass is 238 g/mol. The van der Waals surface area contributed by atoms with E-state index in [-0.39, 0.29) is 5.56 Å². The smallest absolute Gasteiger partial charge is 0.354 e. The van der Waals surface area contributed by atoms with E-state index in [0.29, 0.717) is 0 Å². The predicted octanol–water partition coefficient (Wildman–Crippen LogP) is 2.20. The van der Waals surface area contributed by atoms with Gasteiger partial charge in [0.05, 0.1) is 0 Å². The molecule has 0 unspecified atom stereocenters. The molecule has 15 heavy (non-hydrogen) atoms. The molecule has 1 aromatic rings. The molecule has 0 bridgehead atoms. The van der Waals surface area contributed by atoms with Gasteiger partial charge in [0, 0.05) is 5.56 Å². The van der Waals surface area contributed by atoms with E-state index >= 15 is 0 Å².